The fourth-order valence-electron chi connectivity index (χ4n) is 1.91. The van der Waals surface area contributed by atoms with Crippen molar-refractivity contribution in [2.24, 2.45) is 0 Å². The van der Waals surface area contributed by atoms with Crippen LogP contribution in [0, 0.1) is 0 Å². The molecular formula is C17H17Cl2NO3. The minimum absolute atomic E-state index is 0.126. The van der Waals surface area contributed by atoms with Crippen LogP contribution in [0.5, 0.6) is 5.75 Å². The van der Waals surface area contributed by atoms with Crippen molar-refractivity contribution in [3.8, 4) is 5.75 Å². The second-order valence-corrected chi connectivity index (χ2v) is 6.27. The molecule has 4 nitrogen and oxygen atoms in total. The summed E-state index contributed by atoms with van der Waals surface area (Å²) in [6.45, 7) is 3.92. The zero-order chi connectivity index (χ0) is 16.9. The Morgan fingerprint density at radius 1 is 1.22 bits per heavy atom. The molecule has 0 saturated carbocycles. The molecule has 0 spiro atoms. The quantitative estimate of drug-likeness (QED) is 0.574. The predicted octanol–water partition coefficient (Wildman–Crippen LogP) is 4.29. The normalized spacial score (nSPS) is 11.1. The van der Waals surface area contributed by atoms with Gasteiger partial charge in [0, 0.05) is 17.4 Å². The first kappa shape index (κ1) is 17.6. The van der Waals surface area contributed by atoms with Crippen molar-refractivity contribution in [3.63, 3.8) is 0 Å². The minimum atomic E-state index is -0.772. The van der Waals surface area contributed by atoms with Gasteiger partial charge in [-0.1, -0.05) is 29.3 Å². The summed E-state index contributed by atoms with van der Waals surface area (Å²) in [6.07, 6.45) is 3.32. The zero-order valence-electron chi connectivity index (χ0n) is 12.9. The number of carbonyl (C=O) groups is 1. The molecule has 0 aliphatic carbocycles. The first-order valence-electron chi connectivity index (χ1n) is 7.07. The molecule has 0 saturated heterocycles. The summed E-state index contributed by atoms with van der Waals surface area (Å²) in [5.41, 5.74) is 0.0262. The number of hydrogen-bond donors (Lipinski definition) is 0. The van der Waals surface area contributed by atoms with E-state index >= 15 is 0 Å². The maximum atomic E-state index is 12.2. The van der Waals surface area contributed by atoms with Crippen LogP contribution in [0.3, 0.4) is 0 Å². The lowest BCUT2D eigenvalue weighted by molar-refractivity contribution is -0.150. The van der Waals surface area contributed by atoms with Crippen LogP contribution in [0.2, 0.25) is 10.0 Å². The maximum absolute atomic E-state index is 12.2. The smallest absolute Gasteiger partial charge is 0.316 e. The van der Waals surface area contributed by atoms with Gasteiger partial charge in [-0.05, 0) is 43.7 Å². The van der Waals surface area contributed by atoms with Crippen LogP contribution in [-0.4, -0.2) is 24.2 Å². The van der Waals surface area contributed by atoms with Crippen molar-refractivity contribution in [1.82, 2.24) is 4.98 Å². The Kier molecular flexibility index (Phi) is 5.85. The van der Waals surface area contributed by atoms with Crippen molar-refractivity contribution in [3.05, 3.63) is 58.3 Å². The highest BCUT2D eigenvalue weighted by molar-refractivity contribution is 6.35. The highest BCUT2D eigenvalue weighted by Crippen LogP contribution is 2.27. The summed E-state index contributed by atoms with van der Waals surface area (Å²) in [5.74, 6) is 0.162. The fourth-order valence-corrected chi connectivity index (χ4v) is 2.37. The Morgan fingerprint density at radius 2 is 2.00 bits per heavy atom. The Hall–Kier alpha value is -1.78. The molecule has 1 aromatic carbocycles. The molecule has 1 heterocycles. The van der Waals surface area contributed by atoms with E-state index in [9.17, 15) is 4.79 Å². The SMILES string of the molecule is CC(C)(C(=O)OCCOc1ccc(Cl)cc1Cl)c1cccnc1. The number of ether oxygens (including phenoxy) is 2. The van der Waals surface area contributed by atoms with E-state index in [-0.39, 0.29) is 19.2 Å². The van der Waals surface area contributed by atoms with Crippen molar-refractivity contribution in [2.45, 2.75) is 19.3 Å². The second kappa shape index (κ2) is 7.66. The summed E-state index contributed by atoms with van der Waals surface area (Å²) in [7, 11) is 0. The van der Waals surface area contributed by atoms with Gasteiger partial charge in [0.1, 0.15) is 19.0 Å². The van der Waals surface area contributed by atoms with Crippen molar-refractivity contribution in [1.29, 1.82) is 0 Å². The highest BCUT2D eigenvalue weighted by Gasteiger charge is 2.31. The largest absolute Gasteiger partial charge is 0.488 e. The van der Waals surface area contributed by atoms with Crippen molar-refractivity contribution in [2.75, 3.05) is 13.2 Å². The molecule has 0 unspecified atom stereocenters. The monoisotopic (exact) mass is 353 g/mol. The molecule has 23 heavy (non-hydrogen) atoms. The maximum Gasteiger partial charge on any atom is 0.316 e. The second-order valence-electron chi connectivity index (χ2n) is 5.43. The number of nitrogens with zero attached hydrogens (tertiary/aromatic N) is 1. The molecule has 0 amide bonds. The third-order valence-corrected chi connectivity index (χ3v) is 3.89. The van der Waals surface area contributed by atoms with Crippen LogP contribution in [0.4, 0.5) is 0 Å². The van der Waals surface area contributed by atoms with Crippen LogP contribution in [0.1, 0.15) is 19.4 Å². The molecule has 6 heteroatoms. The number of aromatic nitrogens is 1. The Balaban J connectivity index is 1.85. The molecule has 0 N–H and O–H groups in total. The van der Waals surface area contributed by atoms with Crippen molar-refractivity contribution < 1.29 is 14.3 Å². The van der Waals surface area contributed by atoms with Gasteiger partial charge in [0.05, 0.1) is 10.4 Å². The molecule has 0 aliphatic rings. The molecule has 2 aromatic rings. The van der Waals surface area contributed by atoms with Crippen LogP contribution >= 0.6 is 23.2 Å². The van der Waals surface area contributed by atoms with E-state index in [2.05, 4.69) is 4.98 Å². The lowest BCUT2D eigenvalue weighted by atomic mass is 9.86. The summed E-state index contributed by atoms with van der Waals surface area (Å²) in [5, 5.41) is 0.950. The molecule has 2 rings (SSSR count). The third-order valence-electron chi connectivity index (χ3n) is 3.36. The predicted molar refractivity (Wildman–Crippen MR) is 90.2 cm³/mol. The summed E-state index contributed by atoms with van der Waals surface area (Å²) >= 11 is 11.8. The van der Waals surface area contributed by atoms with Gasteiger partial charge in [0.2, 0.25) is 0 Å². The van der Waals surface area contributed by atoms with E-state index in [0.29, 0.717) is 15.8 Å². The van der Waals surface area contributed by atoms with Crippen LogP contribution in [0.15, 0.2) is 42.7 Å². The molecule has 0 fully saturated rings. The highest BCUT2D eigenvalue weighted by atomic mass is 35.5. The number of pyridine rings is 1. The summed E-state index contributed by atoms with van der Waals surface area (Å²) in [4.78, 5) is 16.3. The first-order valence-corrected chi connectivity index (χ1v) is 7.82. The average Bonchev–Trinajstić information content (AvgIpc) is 2.53. The van der Waals surface area contributed by atoms with E-state index in [0.717, 1.165) is 5.56 Å². The van der Waals surface area contributed by atoms with E-state index in [4.69, 9.17) is 32.7 Å². The summed E-state index contributed by atoms with van der Waals surface area (Å²) < 4.78 is 10.8. The molecule has 122 valence electrons. The van der Waals surface area contributed by atoms with Gasteiger partial charge in [0.15, 0.2) is 0 Å². The topological polar surface area (TPSA) is 48.4 Å². The Morgan fingerprint density at radius 3 is 2.65 bits per heavy atom. The van der Waals surface area contributed by atoms with Crippen LogP contribution in [0.25, 0.3) is 0 Å². The van der Waals surface area contributed by atoms with E-state index in [1.807, 2.05) is 6.07 Å². The number of rotatable bonds is 6. The van der Waals surface area contributed by atoms with Gasteiger partial charge in [-0.25, -0.2) is 0 Å². The van der Waals surface area contributed by atoms with Gasteiger partial charge in [0.25, 0.3) is 0 Å². The van der Waals surface area contributed by atoms with Gasteiger partial charge < -0.3 is 9.47 Å². The molecule has 0 aliphatic heterocycles. The molecule has 0 bridgehead atoms. The average molecular weight is 354 g/mol. The Labute approximate surface area is 145 Å². The number of benzene rings is 1. The van der Waals surface area contributed by atoms with Gasteiger partial charge in [-0.15, -0.1) is 0 Å². The number of hydrogen-bond acceptors (Lipinski definition) is 4. The lowest BCUT2D eigenvalue weighted by Crippen LogP contribution is -2.32. The molecule has 0 radical (unpaired) electrons. The standard InChI is InChI=1S/C17H17Cl2NO3/c1-17(2,12-4-3-7-20-11-12)16(21)23-9-8-22-15-6-5-13(18)10-14(15)19/h3-7,10-11H,8-9H2,1-2H3. The molecular weight excluding hydrogens is 337 g/mol. The lowest BCUT2D eigenvalue weighted by Gasteiger charge is -2.22. The first-order chi connectivity index (χ1) is 10.9. The van der Waals surface area contributed by atoms with Gasteiger partial charge in [-0.2, -0.15) is 0 Å². The van der Waals surface area contributed by atoms with E-state index in [1.54, 1.807) is 50.5 Å². The fraction of sp³-hybridized carbons (Fsp3) is 0.294. The number of esters is 1. The molecule has 1 aromatic heterocycles. The Bertz CT molecular complexity index is 675. The van der Waals surface area contributed by atoms with Crippen molar-refractivity contribution >= 4 is 29.2 Å². The van der Waals surface area contributed by atoms with Crippen LogP contribution < -0.4 is 4.74 Å². The number of carbonyl (C=O) groups excluding carboxylic acids is 1. The van der Waals surface area contributed by atoms with Crippen LogP contribution in [-0.2, 0) is 14.9 Å². The zero-order valence-corrected chi connectivity index (χ0v) is 14.4. The third kappa shape index (κ3) is 4.60. The molecule has 0 atom stereocenters. The van der Waals surface area contributed by atoms with E-state index in [1.165, 1.54) is 0 Å². The summed E-state index contributed by atoms with van der Waals surface area (Å²) in [6, 6.07) is 8.58. The minimum Gasteiger partial charge on any atom is -0.488 e. The number of halogens is 2. The van der Waals surface area contributed by atoms with Gasteiger partial charge >= 0.3 is 5.97 Å². The van der Waals surface area contributed by atoms with E-state index < -0.39 is 5.41 Å². The van der Waals surface area contributed by atoms with Gasteiger partial charge in [-0.3, -0.25) is 9.78 Å².